The molecule has 84 valence electrons. The third-order valence-electron chi connectivity index (χ3n) is 2.02. The van der Waals surface area contributed by atoms with Crippen LogP contribution in [0.4, 0.5) is 0 Å². The first-order valence-electron chi connectivity index (χ1n) is 4.65. The summed E-state index contributed by atoms with van der Waals surface area (Å²) >= 11 is 0. The van der Waals surface area contributed by atoms with E-state index in [-0.39, 0.29) is 12.5 Å². The molecule has 0 spiro atoms. The van der Waals surface area contributed by atoms with Crippen LogP contribution in [0.1, 0.15) is 5.56 Å². The Morgan fingerprint density at radius 3 is 3.00 bits per heavy atom. The molecular formula is C9H16N4O2. The van der Waals surface area contributed by atoms with Crippen LogP contribution in [0.2, 0.25) is 0 Å². The van der Waals surface area contributed by atoms with E-state index in [4.69, 9.17) is 10.5 Å². The highest BCUT2D eigenvalue weighted by Gasteiger charge is 2.14. The van der Waals surface area contributed by atoms with Crippen LogP contribution in [-0.2, 0) is 23.1 Å². The first-order chi connectivity index (χ1) is 7.17. The van der Waals surface area contributed by atoms with E-state index in [0.717, 1.165) is 5.56 Å². The average molecular weight is 212 g/mol. The maximum atomic E-state index is 11.4. The van der Waals surface area contributed by atoms with Gasteiger partial charge < -0.3 is 15.8 Å². The lowest BCUT2D eigenvalue weighted by Gasteiger charge is -2.12. The molecule has 1 heterocycles. The number of methoxy groups -OCH3 is 1. The highest BCUT2D eigenvalue weighted by Crippen LogP contribution is 1.96. The summed E-state index contributed by atoms with van der Waals surface area (Å²) in [5.41, 5.74) is 6.30. The van der Waals surface area contributed by atoms with Gasteiger partial charge in [0.05, 0.1) is 6.20 Å². The first kappa shape index (κ1) is 11.7. The Morgan fingerprint density at radius 1 is 1.80 bits per heavy atom. The van der Waals surface area contributed by atoms with Crippen LogP contribution < -0.4 is 11.1 Å². The Morgan fingerprint density at radius 2 is 2.53 bits per heavy atom. The summed E-state index contributed by atoms with van der Waals surface area (Å²) in [6.07, 6.45) is 2.95. The maximum Gasteiger partial charge on any atom is 0.250 e. The second-order valence-corrected chi connectivity index (χ2v) is 3.20. The van der Waals surface area contributed by atoms with E-state index < -0.39 is 6.10 Å². The molecule has 0 saturated carbocycles. The van der Waals surface area contributed by atoms with Gasteiger partial charge in [-0.25, -0.2) is 0 Å². The SMILES string of the molecule is COC(CN)C(=O)NCc1cnn(C)c1. The number of carbonyl (C=O) groups is 1. The molecule has 0 aliphatic rings. The number of nitrogens with one attached hydrogen (secondary N) is 1. The average Bonchev–Trinajstić information content (AvgIpc) is 2.63. The molecular weight excluding hydrogens is 196 g/mol. The zero-order valence-corrected chi connectivity index (χ0v) is 8.93. The van der Waals surface area contributed by atoms with Gasteiger partial charge in [0, 0.05) is 39.0 Å². The van der Waals surface area contributed by atoms with E-state index in [1.807, 2.05) is 13.2 Å². The molecule has 0 aromatic carbocycles. The van der Waals surface area contributed by atoms with E-state index in [1.54, 1.807) is 10.9 Å². The normalized spacial score (nSPS) is 12.5. The summed E-state index contributed by atoms with van der Waals surface area (Å²) in [5, 5.41) is 6.71. The number of nitrogens with zero attached hydrogens (tertiary/aromatic N) is 2. The zero-order valence-electron chi connectivity index (χ0n) is 8.93. The number of ether oxygens (including phenoxy) is 1. The summed E-state index contributed by atoms with van der Waals surface area (Å²) in [6.45, 7) is 0.613. The van der Waals surface area contributed by atoms with Crippen LogP contribution in [0.25, 0.3) is 0 Å². The van der Waals surface area contributed by atoms with Crippen molar-refractivity contribution < 1.29 is 9.53 Å². The van der Waals surface area contributed by atoms with Gasteiger partial charge in [0.25, 0.3) is 5.91 Å². The minimum absolute atomic E-state index is 0.176. The highest BCUT2D eigenvalue weighted by atomic mass is 16.5. The monoisotopic (exact) mass is 212 g/mol. The molecule has 15 heavy (non-hydrogen) atoms. The van der Waals surface area contributed by atoms with Gasteiger partial charge >= 0.3 is 0 Å². The molecule has 1 unspecified atom stereocenters. The summed E-state index contributed by atoms with van der Waals surface area (Å²) in [5.74, 6) is -0.205. The minimum atomic E-state index is -0.582. The molecule has 3 N–H and O–H groups in total. The van der Waals surface area contributed by atoms with Crippen molar-refractivity contribution in [2.24, 2.45) is 12.8 Å². The molecule has 1 amide bonds. The van der Waals surface area contributed by atoms with Crippen molar-refractivity contribution in [1.29, 1.82) is 0 Å². The molecule has 1 aromatic rings. The molecule has 0 saturated heterocycles. The van der Waals surface area contributed by atoms with Gasteiger partial charge in [-0.1, -0.05) is 0 Å². The zero-order chi connectivity index (χ0) is 11.3. The smallest absolute Gasteiger partial charge is 0.250 e. The van der Waals surface area contributed by atoms with Crippen molar-refractivity contribution in [1.82, 2.24) is 15.1 Å². The van der Waals surface area contributed by atoms with Gasteiger partial charge in [0.1, 0.15) is 6.10 Å². The number of rotatable bonds is 5. The van der Waals surface area contributed by atoms with Crippen LogP contribution in [0.3, 0.4) is 0 Å². The minimum Gasteiger partial charge on any atom is -0.370 e. The van der Waals surface area contributed by atoms with Crippen LogP contribution in [0.15, 0.2) is 12.4 Å². The Bertz CT molecular complexity index is 320. The molecule has 0 radical (unpaired) electrons. The second-order valence-electron chi connectivity index (χ2n) is 3.20. The molecule has 0 aliphatic heterocycles. The van der Waals surface area contributed by atoms with Crippen molar-refractivity contribution in [2.75, 3.05) is 13.7 Å². The summed E-state index contributed by atoms with van der Waals surface area (Å²) in [7, 11) is 3.28. The van der Waals surface area contributed by atoms with Crippen molar-refractivity contribution in [3.05, 3.63) is 18.0 Å². The molecule has 0 aliphatic carbocycles. The van der Waals surface area contributed by atoms with Gasteiger partial charge in [-0.2, -0.15) is 5.10 Å². The Balaban J connectivity index is 2.40. The fourth-order valence-electron chi connectivity index (χ4n) is 1.18. The first-order valence-corrected chi connectivity index (χ1v) is 4.65. The van der Waals surface area contributed by atoms with Crippen LogP contribution in [0.5, 0.6) is 0 Å². The Hall–Kier alpha value is -1.40. The van der Waals surface area contributed by atoms with Crippen LogP contribution >= 0.6 is 0 Å². The standard InChI is InChI=1S/C9H16N4O2/c1-13-6-7(5-12-13)4-11-9(14)8(3-10)15-2/h5-6,8H,3-4,10H2,1-2H3,(H,11,14). The molecule has 1 aromatic heterocycles. The summed E-state index contributed by atoms with van der Waals surface area (Å²) in [6, 6.07) is 0. The molecule has 6 nitrogen and oxygen atoms in total. The molecule has 6 heteroatoms. The van der Waals surface area contributed by atoms with Gasteiger partial charge in [-0.15, -0.1) is 0 Å². The predicted molar refractivity (Wildman–Crippen MR) is 54.9 cm³/mol. The van der Waals surface area contributed by atoms with Gasteiger partial charge in [0.2, 0.25) is 0 Å². The number of amides is 1. The topological polar surface area (TPSA) is 82.2 Å². The molecule has 1 atom stereocenters. The van der Waals surface area contributed by atoms with Crippen molar-refractivity contribution in [3.8, 4) is 0 Å². The quantitative estimate of drug-likeness (QED) is 0.656. The summed E-state index contributed by atoms with van der Waals surface area (Å²) in [4.78, 5) is 11.4. The van der Waals surface area contributed by atoms with E-state index in [2.05, 4.69) is 10.4 Å². The Labute approximate surface area is 88.4 Å². The van der Waals surface area contributed by atoms with Gasteiger partial charge in [-0.05, 0) is 0 Å². The predicted octanol–water partition coefficient (Wildman–Crippen LogP) is -0.990. The van der Waals surface area contributed by atoms with Gasteiger partial charge in [0.15, 0.2) is 0 Å². The van der Waals surface area contributed by atoms with Crippen molar-refractivity contribution in [2.45, 2.75) is 12.6 Å². The molecule has 0 bridgehead atoms. The number of hydrogen-bond acceptors (Lipinski definition) is 4. The maximum absolute atomic E-state index is 11.4. The van der Waals surface area contributed by atoms with E-state index in [9.17, 15) is 4.79 Å². The number of nitrogens with two attached hydrogens (primary N) is 1. The fourth-order valence-corrected chi connectivity index (χ4v) is 1.18. The largest absolute Gasteiger partial charge is 0.370 e. The third-order valence-corrected chi connectivity index (χ3v) is 2.02. The lowest BCUT2D eigenvalue weighted by molar-refractivity contribution is -0.130. The van der Waals surface area contributed by atoms with Crippen molar-refractivity contribution in [3.63, 3.8) is 0 Å². The molecule has 0 fully saturated rings. The van der Waals surface area contributed by atoms with Gasteiger partial charge in [-0.3, -0.25) is 9.48 Å². The lowest BCUT2D eigenvalue weighted by Crippen LogP contribution is -2.40. The fraction of sp³-hybridized carbons (Fsp3) is 0.556. The number of aromatic nitrogens is 2. The number of carbonyl (C=O) groups excluding carboxylic acids is 1. The van der Waals surface area contributed by atoms with E-state index in [0.29, 0.717) is 6.54 Å². The van der Waals surface area contributed by atoms with E-state index in [1.165, 1.54) is 7.11 Å². The lowest BCUT2D eigenvalue weighted by atomic mass is 10.3. The third kappa shape index (κ3) is 3.34. The summed E-state index contributed by atoms with van der Waals surface area (Å²) < 4.78 is 6.58. The van der Waals surface area contributed by atoms with Crippen LogP contribution in [0, 0.1) is 0 Å². The van der Waals surface area contributed by atoms with Crippen LogP contribution in [-0.4, -0.2) is 35.4 Å². The van der Waals surface area contributed by atoms with Crippen molar-refractivity contribution >= 4 is 5.91 Å². The number of aryl methyl sites for hydroxylation is 1. The van der Waals surface area contributed by atoms with E-state index >= 15 is 0 Å². The second kappa shape index (κ2) is 5.47. The highest BCUT2D eigenvalue weighted by molar-refractivity contribution is 5.80. The number of hydrogen-bond donors (Lipinski definition) is 2. The Kier molecular flexibility index (Phi) is 4.26. The molecule has 1 rings (SSSR count).